The van der Waals surface area contributed by atoms with E-state index in [1.54, 1.807) is 13.8 Å². The Labute approximate surface area is 169 Å². The van der Waals surface area contributed by atoms with Gasteiger partial charge in [0.2, 0.25) is 0 Å². The van der Waals surface area contributed by atoms with Crippen LogP contribution < -0.4 is 0 Å². The molecule has 0 unspecified atom stereocenters. The van der Waals surface area contributed by atoms with Gasteiger partial charge in [-0.1, -0.05) is 30.3 Å². The van der Waals surface area contributed by atoms with Crippen molar-refractivity contribution < 1.29 is 27.6 Å². The lowest BCUT2D eigenvalue weighted by atomic mass is 10.1. The smallest absolute Gasteiger partial charge is 0.324 e. The number of non-ortho nitro benzene ring substituents is 1. The Balaban J connectivity index is 1.97. The van der Waals surface area contributed by atoms with Crippen LogP contribution in [0.5, 0.6) is 0 Å². The maximum absolute atomic E-state index is 12.6. The van der Waals surface area contributed by atoms with Crippen molar-refractivity contribution in [2.24, 2.45) is 0 Å². The predicted octanol–water partition coefficient (Wildman–Crippen LogP) is 3.30. The number of nitro benzene ring substituents is 1. The summed E-state index contributed by atoms with van der Waals surface area (Å²) in [5, 5.41) is 9.23. The average molecular weight is 421 g/mol. The summed E-state index contributed by atoms with van der Waals surface area (Å²) < 4.78 is 36.1. The second-order valence-corrected chi connectivity index (χ2v) is 9.35. The van der Waals surface area contributed by atoms with E-state index < -0.39 is 31.6 Å². The number of nitro groups is 1. The first-order chi connectivity index (χ1) is 13.5. The summed E-state index contributed by atoms with van der Waals surface area (Å²) in [4.78, 5) is 22.2. The molecule has 0 aliphatic heterocycles. The maximum atomic E-state index is 12.6. The largest absolute Gasteiger partial charge is 0.462 e. The van der Waals surface area contributed by atoms with E-state index in [1.165, 1.54) is 6.92 Å². The zero-order valence-electron chi connectivity index (χ0n) is 16.4. The molecule has 0 aromatic heterocycles. The van der Waals surface area contributed by atoms with E-state index in [4.69, 9.17) is 9.47 Å². The van der Waals surface area contributed by atoms with Crippen LogP contribution in [0.25, 0.3) is 0 Å². The number of benzene rings is 2. The molecule has 9 heteroatoms. The minimum atomic E-state index is -4.04. The number of carbonyl (C=O) groups is 1. The van der Waals surface area contributed by atoms with Crippen molar-refractivity contribution in [2.45, 2.75) is 43.1 Å². The van der Waals surface area contributed by atoms with Gasteiger partial charge in [-0.05, 0) is 38.5 Å². The van der Waals surface area contributed by atoms with Crippen molar-refractivity contribution in [3.05, 3.63) is 70.3 Å². The molecule has 0 fully saturated rings. The van der Waals surface area contributed by atoms with Crippen LogP contribution in [0.15, 0.2) is 59.5 Å². The van der Waals surface area contributed by atoms with Crippen molar-refractivity contribution in [2.75, 3.05) is 6.61 Å². The van der Waals surface area contributed by atoms with Crippen LogP contribution in [0.1, 0.15) is 26.3 Å². The molecule has 0 amide bonds. The molecule has 0 aliphatic rings. The predicted molar refractivity (Wildman–Crippen MR) is 106 cm³/mol. The number of rotatable bonds is 9. The Bertz CT molecular complexity index is 954. The first kappa shape index (κ1) is 22.5. The summed E-state index contributed by atoms with van der Waals surface area (Å²) in [6, 6.07) is 13.8. The van der Waals surface area contributed by atoms with E-state index in [-0.39, 0.29) is 17.2 Å². The molecule has 8 nitrogen and oxygen atoms in total. The number of hydrogen-bond donors (Lipinski definition) is 0. The minimum Gasteiger partial charge on any atom is -0.462 e. The van der Waals surface area contributed by atoms with Gasteiger partial charge in [-0.15, -0.1) is 0 Å². The molecule has 2 aromatic carbocycles. The molecule has 0 radical (unpaired) electrons. The zero-order chi connectivity index (χ0) is 21.7. The van der Waals surface area contributed by atoms with E-state index in [0.29, 0.717) is 6.61 Å². The first-order valence-corrected chi connectivity index (χ1v) is 10.4. The zero-order valence-corrected chi connectivity index (χ0v) is 17.2. The quantitative estimate of drug-likeness (QED) is 0.347. The van der Waals surface area contributed by atoms with Crippen LogP contribution in [-0.4, -0.2) is 36.8 Å². The third-order valence-electron chi connectivity index (χ3n) is 4.21. The maximum Gasteiger partial charge on any atom is 0.324 e. The number of carbonyl (C=O) groups excluding carboxylic acids is 1. The molecule has 0 N–H and O–H groups in total. The monoisotopic (exact) mass is 421 g/mol. The molecule has 0 saturated heterocycles. The van der Waals surface area contributed by atoms with Gasteiger partial charge in [0.1, 0.15) is 6.61 Å². The van der Waals surface area contributed by atoms with E-state index in [1.807, 2.05) is 30.3 Å². The third-order valence-corrected chi connectivity index (χ3v) is 6.26. The Hall–Kier alpha value is -2.78. The summed E-state index contributed by atoms with van der Waals surface area (Å²) in [5.41, 5.74) is -0.0972. The summed E-state index contributed by atoms with van der Waals surface area (Å²) in [6.07, 6.45) is 0. The fourth-order valence-corrected chi connectivity index (χ4v) is 3.59. The van der Waals surface area contributed by atoms with E-state index in [2.05, 4.69) is 0 Å². The number of ether oxygens (including phenoxy) is 2. The highest BCUT2D eigenvalue weighted by Crippen LogP contribution is 2.21. The molecule has 29 heavy (non-hydrogen) atoms. The van der Waals surface area contributed by atoms with Crippen LogP contribution in [0.2, 0.25) is 0 Å². The van der Waals surface area contributed by atoms with Crippen LogP contribution in [0.3, 0.4) is 0 Å². The van der Waals surface area contributed by atoms with Crippen LogP contribution in [0.4, 0.5) is 5.69 Å². The molecule has 1 atom stereocenters. The molecular weight excluding hydrogens is 398 g/mol. The number of sulfone groups is 1. The average Bonchev–Trinajstić information content (AvgIpc) is 2.71. The third kappa shape index (κ3) is 6.10. The molecule has 0 aliphatic carbocycles. The van der Waals surface area contributed by atoms with Gasteiger partial charge in [0.25, 0.3) is 5.69 Å². The molecule has 0 heterocycles. The molecular formula is C20H23NO7S. The first-order valence-electron chi connectivity index (χ1n) is 8.86. The lowest BCUT2D eigenvalue weighted by Crippen LogP contribution is -2.36. The summed E-state index contributed by atoms with van der Waals surface area (Å²) in [6.45, 7) is 4.88. The number of nitrogens with zero attached hydrogens (tertiary/aromatic N) is 1. The lowest BCUT2D eigenvalue weighted by molar-refractivity contribution is -0.384. The van der Waals surface area contributed by atoms with Gasteiger partial charge in [-0.2, -0.15) is 0 Å². The van der Waals surface area contributed by atoms with Crippen molar-refractivity contribution in [3.8, 4) is 0 Å². The molecule has 2 rings (SSSR count). The van der Waals surface area contributed by atoms with Gasteiger partial charge in [-0.25, -0.2) is 8.42 Å². The Morgan fingerprint density at radius 1 is 1.10 bits per heavy atom. The molecule has 0 bridgehead atoms. The van der Waals surface area contributed by atoms with E-state index in [9.17, 15) is 23.3 Å². The fraction of sp³-hybridized carbons (Fsp3) is 0.350. The molecule has 0 saturated carbocycles. The van der Waals surface area contributed by atoms with Gasteiger partial charge in [0, 0.05) is 12.1 Å². The van der Waals surface area contributed by atoms with E-state index >= 15 is 0 Å². The van der Waals surface area contributed by atoms with Crippen LogP contribution >= 0.6 is 0 Å². The van der Waals surface area contributed by atoms with Crippen molar-refractivity contribution in [3.63, 3.8) is 0 Å². The summed E-state index contributed by atoms with van der Waals surface area (Å²) in [7, 11) is -4.04. The summed E-state index contributed by atoms with van der Waals surface area (Å²) in [5.74, 6) is -0.917. The highest BCUT2D eigenvalue weighted by atomic mass is 32.2. The van der Waals surface area contributed by atoms with Crippen LogP contribution in [-0.2, 0) is 30.7 Å². The molecule has 0 spiro atoms. The Morgan fingerprint density at radius 3 is 2.24 bits per heavy atom. The second kappa shape index (κ2) is 9.15. The van der Waals surface area contributed by atoms with Gasteiger partial charge < -0.3 is 9.47 Å². The van der Waals surface area contributed by atoms with Crippen molar-refractivity contribution in [1.82, 2.24) is 0 Å². The molecule has 156 valence electrons. The van der Waals surface area contributed by atoms with Gasteiger partial charge >= 0.3 is 5.97 Å². The van der Waals surface area contributed by atoms with Gasteiger partial charge in [0.05, 0.1) is 22.0 Å². The van der Waals surface area contributed by atoms with E-state index in [0.717, 1.165) is 29.8 Å². The Morgan fingerprint density at radius 2 is 1.69 bits per heavy atom. The highest BCUT2D eigenvalue weighted by molar-refractivity contribution is 7.92. The highest BCUT2D eigenvalue weighted by Gasteiger charge is 2.33. The van der Waals surface area contributed by atoms with Gasteiger partial charge in [0.15, 0.2) is 15.1 Å². The van der Waals surface area contributed by atoms with Crippen molar-refractivity contribution >= 4 is 21.5 Å². The van der Waals surface area contributed by atoms with Crippen LogP contribution in [0, 0.1) is 10.1 Å². The van der Waals surface area contributed by atoms with Gasteiger partial charge in [-0.3, -0.25) is 14.9 Å². The number of hydrogen-bond acceptors (Lipinski definition) is 7. The van der Waals surface area contributed by atoms with Crippen molar-refractivity contribution in [1.29, 1.82) is 0 Å². The Kier molecular flexibility index (Phi) is 7.10. The normalized spacial score (nSPS) is 12.9. The lowest BCUT2D eigenvalue weighted by Gasteiger charge is -2.25. The SMILES string of the molecule is C[C@@H](C(=O)OCC(C)(C)OCc1ccccc1)S(=O)(=O)c1ccc([N+](=O)[O-])cc1. The standard InChI is InChI=1S/C20H23NO7S/c1-15(29(25,26)18-11-9-17(10-12-18)21(23)24)19(22)27-14-20(2,3)28-13-16-7-5-4-6-8-16/h4-12,15H,13-14H2,1-3H3/t15-/m0/s1. The summed E-state index contributed by atoms with van der Waals surface area (Å²) >= 11 is 0. The molecule has 2 aromatic rings. The number of esters is 1. The fourth-order valence-electron chi connectivity index (χ4n) is 2.35. The minimum absolute atomic E-state index is 0.126. The second-order valence-electron chi connectivity index (χ2n) is 7.08. The topological polar surface area (TPSA) is 113 Å².